The van der Waals surface area contributed by atoms with E-state index in [4.69, 9.17) is 4.74 Å². The molecular formula is C29H34BrN3O5S. The fourth-order valence-corrected chi connectivity index (χ4v) is 5.33. The summed E-state index contributed by atoms with van der Waals surface area (Å²) in [6.07, 6.45) is 1.31. The predicted octanol–water partition coefficient (Wildman–Crippen LogP) is 4.31. The largest absolute Gasteiger partial charge is 0.495 e. The van der Waals surface area contributed by atoms with Crippen LogP contribution >= 0.6 is 15.9 Å². The zero-order valence-electron chi connectivity index (χ0n) is 22.6. The average Bonchev–Trinajstić information content (AvgIpc) is 2.90. The van der Waals surface area contributed by atoms with Gasteiger partial charge in [0.05, 0.1) is 19.1 Å². The molecule has 0 saturated carbocycles. The molecule has 0 aliphatic rings. The molecule has 3 aromatic rings. The molecule has 0 bridgehead atoms. The van der Waals surface area contributed by atoms with Gasteiger partial charge < -0.3 is 15.0 Å². The molecule has 0 fully saturated rings. The van der Waals surface area contributed by atoms with Crippen LogP contribution in [0.15, 0.2) is 77.3 Å². The maximum absolute atomic E-state index is 14.1. The van der Waals surface area contributed by atoms with Crippen LogP contribution in [-0.2, 0) is 32.6 Å². The maximum atomic E-state index is 14.1. The van der Waals surface area contributed by atoms with Gasteiger partial charge >= 0.3 is 0 Å². The number of anilines is 1. The lowest BCUT2D eigenvalue weighted by Gasteiger charge is -2.33. The third-order valence-electron chi connectivity index (χ3n) is 6.17. The van der Waals surface area contributed by atoms with E-state index in [9.17, 15) is 18.0 Å². The highest BCUT2D eigenvalue weighted by atomic mass is 79.9. The number of methoxy groups -OCH3 is 1. The molecule has 0 spiro atoms. The van der Waals surface area contributed by atoms with Gasteiger partial charge in [-0.1, -0.05) is 64.5 Å². The number of likely N-dealkylation sites (N-methyl/N-ethyl adjacent to an activating group) is 1. The highest BCUT2D eigenvalue weighted by Crippen LogP contribution is 2.31. The first kappa shape index (κ1) is 30.2. The summed E-state index contributed by atoms with van der Waals surface area (Å²) < 4.78 is 33.3. The van der Waals surface area contributed by atoms with E-state index in [1.165, 1.54) is 12.0 Å². The summed E-state index contributed by atoms with van der Waals surface area (Å²) in [6.45, 7) is 3.65. The second-order valence-corrected chi connectivity index (χ2v) is 12.0. The molecule has 0 aromatic heterocycles. The molecule has 0 unspecified atom stereocenters. The zero-order chi connectivity index (χ0) is 28.6. The number of ether oxygens (including phenoxy) is 1. The van der Waals surface area contributed by atoms with E-state index in [0.29, 0.717) is 12.3 Å². The van der Waals surface area contributed by atoms with E-state index >= 15 is 0 Å². The molecule has 208 valence electrons. The van der Waals surface area contributed by atoms with Crippen LogP contribution < -0.4 is 14.4 Å². The van der Waals surface area contributed by atoms with E-state index < -0.39 is 28.5 Å². The van der Waals surface area contributed by atoms with Crippen LogP contribution in [0, 0.1) is 6.92 Å². The molecule has 2 amide bonds. The molecule has 39 heavy (non-hydrogen) atoms. The molecule has 0 aliphatic carbocycles. The quantitative estimate of drug-likeness (QED) is 0.328. The highest BCUT2D eigenvalue weighted by molar-refractivity contribution is 9.10. The van der Waals surface area contributed by atoms with Crippen molar-refractivity contribution in [2.24, 2.45) is 0 Å². The Morgan fingerprint density at radius 1 is 1.00 bits per heavy atom. The third kappa shape index (κ3) is 8.31. The third-order valence-corrected chi connectivity index (χ3v) is 7.83. The lowest BCUT2D eigenvalue weighted by Crippen LogP contribution is -2.53. The zero-order valence-corrected chi connectivity index (χ0v) is 25.0. The van der Waals surface area contributed by atoms with Crippen LogP contribution in [0.1, 0.15) is 23.6 Å². The standard InChI is InChI=1S/C29H34BrN3O5S/c1-5-31-29(35)26(18-22-9-7-6-8-10-22)32(19-23-12-14-24(30)15-13-23)28(34)20-33(39(4,36)37)25-17-21(2)11-16-27(25)38-3/h6-17,26H,5,18-20H2,1-4H3,(H,31,35)/t26-/m1/s1. The summed E-state index contributed by atoms with van der Waals surface area (Å²) in [6, 6.07) is 21.1. The van der Waals surface area contributed by atoms with Crippen molar-refractivity contribution >= 4 is 43.5 Å². The summed E-state index contributed by atoms with van der Waals surface area (Å²) in [4.78, 5) is 28.9. The second kappa shape index (κ2) is 13.6. The normalized spacial score (nSPS) is 11.9. The number of carbonyl (C=O) groups excluding carboxylic acids is 2. The van der Waals surface area contributed by atoms with Crippen molar-refractivity contribution in [3.63, 3.8) is 0 Å². The van der Waals surface area contributed by atoms with Crippen molar-refractivity contribution in [2.45, 2.75) is 32.9 Å². The second-order valence-electron chi connectivity index (χ2n) is 9.19. The van der Waals surface area contributed by atoms with Gasteiger partial charge in [0.25, 0.3) is 0 Å². The van der Waals surface area contributed by atoms with Crippen LogP contribution in [0.4, 0.5) is 5.69 Å². The molecule has 0 radical (unpaired) electrons. The van der Waals surface area contributed by atoms with E-state index in [1.807, 2.05) is 68.4 Å². The van der Waals surface area contributed by atoms with E-state index in [-0.39, 0.29) is 24.6 Å². The summed E-state index contributed by atoms with van der Waals surface area (Å²) in [7, 11) is -2.44. The van der Waals surface area contributed by atoms with Gasteiger partial charge in [-0.3, -0.25) is 13.9 Å². The summed E-state index contributed by atoms with van der Waals surface area (Å²) in [5, 5.41) is 2.84. The number of benzene rings is 3. The number of sulfonamides is 1. The molecule has 0 aliphatic heterocycles. The predicted molar refractivity (Wildman–Crippen MR) is 157 cm³/mol. The Morgan fingerprint density at radius 3 is 2.26 bits per heavy atom. The number of hydrogen-bond acceptors (Lipinski definition) is 5. The molecule has 1 atom stereocenters. The van der Waals surface area contributed by atoms with Crippen molar-refractivity contribution in [1.29, 1.82) is 0 Å². The van der Waals surface area contributed by atoms with Crippen LogP contribution in [0.2, 0.25) is 0 Å². The topological polar surface area (TPSA) is 96.0 Å². The van der Waals surface area contributed by atoms with Crippen LogP contribution in [0.25, 0.3) is 0 Å². The van der Waals surface area contributed by atoms with Crippen molar-refractivity contribution in [3.8, 4) is 5.75 Å². The highest BCUT2D eigenvalue weighted by Gasteiger charge is 2.33. The minimum atomic E-state index is -3.89. The van der Waals surface area contributed by atoms with Gasteiger partial charge in [0.15, 0.2) is 0 Å². The summed E-state index contributed by atoms with van der Waals surface area (Å²) in [5.41, 5.74) is 2.74. The number of rotatable bonds is 12. The Balaban J connectivity index is 2.07. The van der Waals surface area contributed by atoms with Gasteiger partial charge in [-0.05, 0) is 54.8 Å². The number of halogens is 1. The van der Waals surface area contributed by atoms with E-state index in [1.54, 1.807) is 18.2 Å². The molecule has 0 saturated heterocycles. The van der Waals surface area contributed by atoms with Gasteiger partial charge in [0, 0.05) is 24.0 Å². The number of aryl methyl sites for hydroxylation is 1. The molecule has 10 heteroatoms. The minimum absolute atomic E-state index is 0.114. The maximum Gasteiger partial charge on any atom is 0.244 e. The fraction of sp³-hybridized carbons (Fsp3) is 0.310. The van der Waals surface area contributed by atoms with Crippen LogP contribution in [0.3, 0.4) is 0 Å². The molecule has 3 rings (SSSR count). The molecule has 1 N–H and O–H groups in total. The van der Waals surface area contributed by atoms with E-state index in [2.05, 4.69) is 21.2 Å². The number of hydrogen-bond donors (Lipinski definition) is 1. The van der Waals surface area contributed by atoms with Gasteiger partial charge in [-0.15, -0.1) is 0 Å². The van der Waals surface area contributed by atoms with Crippen molar-refractivity contribution < 1.29 is 22.7 Å². The first-order chi connectivity index (χ1) is 18.5. The van der Waals surface area contributed by atoms with Gasteiger partial charge in [-0.2, -0.15) is 0 Å². The average molecular weight is 617 g/mol. The number of nitrogens with one attached hydrogen (secondary N) is 1. The number of nitrogens with zero attached hydrogens (tertiary/aromatic N) is 2. The van der Waals surface area contributed by atoms with Crippen molar-refractivity contribution in [1.82, 2.24) is 10.2 Å². The Kier molecular flexibility index (Phi) is 10.5. The van der Waals surface area contributed by atoms with E-state index in [0.717, 1.165) is 31.7 Å². The minimum Gasteiger partial charge on any atom is -0.495 e. The smallest absolute Gasteiger partial charge is 0.244 e. The molecule has 0 heterocycles. The Hall–Kier alpha value is -3.37. The van der Waals surface area contributed by atoms with Gasteiger partial charge in [0.2, 0.25) is 21.8 Å². The first-order valence-corrected chi connectivity index (χ1v) is 15.2. The van der Waals surface area contributed by atoms with Gasteiger partial charge in [0.1, 0.15) is 18.3 Å². The van der Waals surface area contributed by atoms with Gasteiger partial charge in [-0.25, -0.2) is 8.42 Å². The molecular weight excluding hydrogens is 582 g/mol. The summed E-state index contributed by atoms with van der Waals surface area (Å²) >= 11 is 3.43. The fourth-order valence-electron chi connectivity index (χ4n) is 4.22. The molecule has 8 nitrogen and oxygen atoms in total. The molecule has 3 aromatic carbocycles. The summed E-state index contributed by atoms with van der Waals surface area (Å²) in [5.74, 6) is -0.507. The Labute approximate surface area is 239 Å². The van der Waals surface area contributed by atoms with Crippen LogP contribution in [0.5, 0.6) is 5.75 Å². The van der Waals surface area contributed by atoms with Crippen molar-refractivity contribution in [3.05, 3.63) is 94.0 Å². The first-order valence-electron chi connectivity index (χ1n) is 12.5. The number of carbonyl (C=O) groups is 2. The lowest BCUT2D eigenvalue weighted by molar-refractivity contribution is -0.140. The Bertz CT molecular complexity index is 1380. The van der Waals surface area contributed by atoms with Crippen LogP contribution in [-0.4, -0.2) is 57.6 Å². The van der Waals surface area contributed by atoms with Crippen molar-refractivity contribution in [2.75, 3.05) is 30.8 Å². The lowest BCUT2D eigenvalue weighted by atomic mass is 10.0. The SMILES string of the molecule is CCNC(=O)[C@@H](Cc1ccccc1)N(Cc1ccc(Br)cc1)C(=O)CN(c1cc(C)ccc1OC)S(C)(=O)=O. The Morgan fingerprint density at radius 2 is 1.67 bits per heavy atom. The number of amides is 2. The monoisotopic (exact) mass is 615 g/mol.